The topological polar surface area (TPSA) is 58.7 Å². The van der Waals surface area contributed by atoms with Crippen LogP contribution in [-0.2, 0) is 10.3 Å². The predicted molar refractivity (Wildman–Crippen MR) is 97.7 cm³/mol. The van der Waals surface area contributed by atoms with Gasteiger partial charge in [-0.25, -0.2) is 4.99 Å². The number of hydrogen-bond acceptors (Lipinski definition) is 3. The SMILES string of the molecule is Cc1cccc(C)c1-c1cccc(C2(C)CC(=O)N(C)C(N)=N2)c1. The molecule has 1 atom stereocenters. The summed E-state index contributed by atoms with van der Waals surface area (Å²) in [5.41, 5.74) is 11.2. The lowest BCUT2D eigenvalue weighted by Gasteiger charge is -2.33. The number of aliphatic imine (C=N–C) groups is 1. The van der Waals surface area contributed by atoms with Crippen molar-refractivity contribution in [3.05, 3.63) is 59.2 Å². The molecular weight excluding hydrogens is 298 g/mol. The van der Waals surface area contributed by atoms with E-state index in [0.29, 0.717) is 6.42 Å². The number of benzene rings is 2. The summed E-state index contributed by atoms with van der Waals surface area (Å²) in [5.74, 6) is 0.258. The van der Waals surface area contributed by atoms with E-state index in [0.717, 1.165) is 11.1 Å². The Kier molecular flexibility index (Phi) is 3.91. The van der Waals surface area contributed by atoms with Crippen molar-refractivity contribution in [2.45, 2.75) is 32.7 Å². The molecule has 2 N–H and O–H groups in total. The first-order valence-corrected chi connectivity index (χ1v) is 8.11. The quantitative estimate of drug-likeness (QED) is 0.922. The van der Waals surface area contributed by atoms with Gasteiger partial charge in [-0.15, -0.1) is 0 Å². The van der Waals surface area contributed by atoms with Gasteiger partial charge in [0.1, 0.15) is 0 Å². The smallest absolute Gasteiger partial charge is 0.231 e. The van der Waals surface area contributed by atoms with Gasteiger partial charge in [0, 0.05) is 7.05 Å². The van der Waals surface area contributed by atoms with Crippen molar-refractivity contribution in [2.24, 2.45) is 10.7 Å². The summed E-state index contributed by atoms with van der Waals surface area (Å²) in [4.78, 5) is 18.2. The normalized spacial score (nSPS) is 20.9. The molecule has 0 spiro atoms. The zero-order chi connectivity index (χ0) is 17.5. The summed E-state index contributed by atoms with van der Waals surface area (Å²) < 4.78 is 0. The molecule has 0 fully saturated rings. The van der Waals surface area contributed by atoms with Crippen LogP contribution in [-0.4, -0.2) is 23.8 Å². The molecule has 1 aliphatic rings. The Bertz CT molecular complexity index is 820. The zero-order valence-electron chi connectivity index (χ0n) is 14.6. The molecule has 2 aromatic carbocycles. The van der Waals surface area contributed by atoms with E-state index in [9.17, 15) is 4.79 Å². The van der Waals surface area contributed by atoms with Crippen molar-refractivity contribution in [1.29, 1.82) is 0 Å². The number of guanidine groups is 1. The highest BCUT2D eigenvalue weighted by Crippen LogP contribution is 2.36. The molecule has 1 amide bonds. The molecule has 0 aliphatic carbocycles. The molecule has 1 heterocycles. The van der Waals surface area contributed by atoms with Gasteiger partial charge >= 0.3 is 0 Å². The van der Waals surface area contributed by atoms with Gasteiger partial charge in [-0.05, 0) is 54.7 Å². The van der Waals surface area contributed by atoms with Crippen molar-refractivity contribution >= 4 is 11.9 Å². The summed E-state index contributed by atoms with van der Waals surface area (Å²) >= 11 is 0. The number of amides is 1. The second-order valence-corrected chi connectivity index (χ2v) is 6.72. The van der Waals surface area contributed by atoms with E-state index < -0.39 is 5.54 Å². The average molecular weight is 321 g/mol. The lowest BCUT2D eigenvalue weighted by Crippen LogP contribution is -2.47. The summed E-state index contributed by atoms with van der Waals surface area (Å²) in [5, 5.41) is 0. The molecule has 1 unspecified atom stereocenters. The lowest BCUT2D eigenvalue weighted by atomic mass is 9.85. The minimum atomic E-state index is -0.625. The molecule has 4 nitrogen and oxygen atoms in total. The maximum atomic E-state index is 12.2. The van der Waals surface area contributed by atoms with Gasteiger partial charge in [-0.2, -0.15) is 0 Å². The third-order valence-corrected chi connectivity index (χ3v) is 4.83. The Morgan fingerprint density at radius 2 is 1.75 bits per heavy atom. The van der Waals surface area contributed by atoms with Gasteiger partial charge in [-0.1, -0.05) is 36.4 Å². The van der Waals surface area contributed by atoms with Crippen LogP contribution >= 0.6 is 0 Å². The van der Waals surface area contributed by atoms with Crippen LogP contribution in [0.5, 0.6) is 0 Å². The van der Waals surface area contributed by atoms with E-state index in [1.165, 1.54) is 21.6 Å². The van der Waals surface area contributed by atoms with Gasteiger partial charge in [0.05, 0.1) is 12.0 Å². The highest BCUT2D eigenvalue weighted by atomic mass is 16.2. The van der Waals surface area contributed by atoms with Crippen molar-refractivity contribution in [3.8, 4) is 11.1 Å². The van der Waals surface area contributed by atoms with Gasteiger partial charge in [0.25, 0.3) is 0 Å². The molecule has 0 aromatic heterocycles. The monoisotopic (exact) mass is 321 g/mol. The van der Waals surface area contributed by atoms with Gasteiger partial charge in [0.2, 0.25) is 5.91 Å². The van der Waals surface area contributed by atoms with E-state index in [2.05, 4.69) is 49.2 Å². The summed E-state index contributed by atoms with van der Waals surface area (Å²) in [6.45, 7) is 6.20. The molecule has 0 radical (unpaired) electrons. The number of carbonyl (C=O) groups excluding carboxylic acids is 1. The third kappa shape index (κ3) is 2.68. The molecule has 124 valence electrons. The van der Waals surface area contributed by atoms with Gasteiger partial charge in [-0.3, -0.25) is 9.69 Å². The number of rotatable bonds is 2. The van der Waals surface area contributed by atoms with Crippen molar-refractivity contribution in [3.63, 3.8) is 0 Å². The molecule has 0 saturated carbocycles. The standard InChI is InChI=1S/C20H23N3O/c1-13-7-5-8-14(2)18(13)15-9-6-10-16(11-15)20(3)12-17(24)23(4)19(21)22-20/h5-11H,12H2,1-4H3,(H2,21,22). The third-order valence-electron chi connectivity index (χ3n) is 4.83. The number of aryl methyl sites for hydroxylation is 2. The Morgan fingerprint density at radius 1 is 1.12 bits per heavy atom. The summed E-state index contributed by atoms with van der Waals surface area (Å²) in [6.07, 6.45) is 0.320. The minimum Gasteiger partial charge on any atom is -0.369 e. The molecule has 3 rings (SSSR count). The largest absolute Gasteiger partial charge is 0.369 e. The van der Waals surface area contributed by atoms with Gasteiger partial charge < -0.3 is 5.73 Å². The highest BCUT2D eigenvalue weighted by Gasteiger charge is 2.36. The molecule has 0 saturated heterocycles. The first-order valence-electron chi connectivity index (χ1n) is 8.11. The average Bonchev–Trinajstić information content (AvgIpc) is 2.53. The predicted octanol–water partition coefficient (Wildman–Crippen LogP) is 3.36. The fourth-order valence-electron chi connectivity index (χ4n) is 3.35. The second kappa shape index (κ2) is 5.78. The van der Waals surface area contributed by atoms with Crippen LogP contribution in [0.4, 0.5) is 0 Å². The summed E-state index contributed by atoms with van der Waals surface area (Å²) in [7, 11) is 1.66. The second-order valence-electron chi connectivity index (χ2n) is 6.72. The Balaban J connectivity index is 2.11. The number of hydrogen-bond donors (Lipinski definition) is 1. The highest BCUT2D eigenvalue weighted by molar-refractivity contribution is 5.98. The first kappa shape index (κ1) is 16.2. The fourth-order valence-corrected chi connectivity index (χ4v) is 3.35. The van der Waals surface area contributed by atoms with Crippen LogP contribution in [0.3, 0.4) is 0 Å². The zero-order valence-corrected chi connectivity index (χ0v) is 14.6. The summed E-state index contributed by atoms with van der Waals surface area (Å²) in [6, 6.07) is 14.6. The molecule has 2 aromatic rings. The van der Waals surface area contributed by atoms with E-state index in [1.807, 2.05) is 19.1 Å². The molecule has 0 bridgehead atoms. The maximum absolute atomic E-state index is 12.2. The van der Waals surface area contributed by atoms with Crippen LogP contribution < -0.4 is 5.73 Å². The Hall–Kier alpha value is -2.62. The molecule has 1 aliphatic heterocycles. The van der Waals surface area contributed by atoms with Crippen LogP contribution in [0.15, 0.2) is 47.5 Å². The number of carbonyl (C=O) groups is 1. The van der Waals surface area contributed by atoms with E-state index in [1.54, 1.807) is 7.05 Å². The van der Waals surface area contributed by atoms with Gasteiger partial charge in [0.15, 0.2) is 5.96 Å². The van der Waals surface area contributed by atoms with Crippen molar-refractivity contribution in [1.82, 2.24) is 4.90 Å². The molecular formula is C20H23N3O. The molecule has 24 heavy (non-hydrogen) atoms. The number of nitrogens with zero attached hydrogens (tertiary/aromatic N) is 2. The van der Waals surface area contributed by atoms with Crippen molar-refractivity contribution < 1.29 is 4.79 Å². The Labute approximate surface area is 143 Å². The van der Waals surface area contributed by atoms with Crippen LogP contribution in [0.1, 0.15) is 30.0 Å². The number of nitrogens with two attached hydrogens (primary N) is 1. The van der Waals surface area contributed by atoms with Crippen LogP contribution in [0, 0.1) is 13.8 Å². The van der Waals surface area contributed by atoms with E-state index >= 15 is 0 Å². The van der Waals surface area contributed by atoms with Crippen LogP contribution in [0.25, 0.3) is 11.1 Å². The molecule has 4 heteroatoms. The fraction of sp³-hybridized carbons (Fsp3) is 0.300. The van der Waals surface area contributed by atoms with Crippen molar-refractivity contribution in [2.75, 3.05) is 7.05 Å². The maximum Gasteiger partial charge on any atom is 0.231 e. The Morgan fingerprint density at radius 3 is 2.38 bits per heavy atom. The lowest BCUT2D eigenvalue weighted by molar-refractivity contribution is -0.128. The van der Waals surface area contributed by atoms with E-state index in [-0.39, 0.29) is 11.9 Å². The van der Waals surface area contributed by atoms with E-state index in [4.69, 9.17) is 5.73 Å². The van der Waals surface area contributed by atoms with Crippen LogP contribution in [0.2, 0.25) is 0 Å². The minimum absolute atomic E-state index is 0.0116. The first-order chi connectivity index (χ1) is 11.3.